The first-order valence-corrected chi connectivity index (χ1v) is 7.55. The van der Waals surface area contributed by atoms with Gasteiger partial charge in [0.1, 0.15) is 5.75 Å². The highest BCUT2D eigenvalue weighted by molar-refractivity contribution is 5.23. The van der Waals surface area contributed by atoms with Crippen LogP contribution in [-0.2, 0) is 9.47 Å². The molecular formula is C17H25NO4. The summed E-state index contributed by atoms with van der Waals surface area (Å²) in [6.45, 7) is 11.2. The highest BCUT2D eigenvalue weighted by atomic mass is 16.7. The summed E-state index contributed by atoms with van der Waals surface area (Å²) in [5, 5.41) is 0. The van der Waals surface area contributed by atoms with Gasteiger partial charge < -0.3 is 18.9 Å². The van der Waals surface area contributed by atoms with Crippen molar-refractivity contribution in [2.45, 2.75) is 52.1 Å². The Kier molecular flexibility index (Phi) is 8.57. The largest absolute Gasteiger partial charge is 0.463 e. The fourth-order valence-electron chi connectivity index (χ4n) is 1.79. The van der Waals surface area contributed by atoms with E-state index in [1.807, 2.05) is 0 Å². The number of pyridine rings is 1. The zero-order valence-corrected chi connectivity index (χ0v) is 13.4. The molecular weight excluding hydrogens is 282 g/mol. The first-order chi connectivity index (χ1) is 10.7. The van der Waals surface area contributed by atoms with E-state index >= 15 is 0 Å². The van der Waals surface area contributed by atoms with Gasteiger partial charge in [-0.1, -0.05) is 27.0 Å². The minimum atomic E-state index is -0.376. The quantitative estimate of drug-likeness (QED) is 0.423. The number of nitrogens with zero attached hydrogens (tertiary/aromatic N) is 1. The van der Waals surface area contributed by atoms with Crippen LogP contribution in [0.2, 0.25) is 0 Å². The van der Waals surface area contributed by atoms with E-state index in [9.17, 15) is 0 Å². The predicted molar refractivity (Wildman–Crippen MR) is 85.4 cm³/mol. The van der Waals surface area contributed by atoms with Crippen LogP contribution >= 0.6 is 0 Å². The van der Waals surface area contributed by atoms with Crippen LogP contribution in [0.15, 0.2) is 44.0 Å². The number of aromatic nitrogens is 1. The first kappa shape index (κ1) is 17.9. The predicted octanol–water partition coefficient (Wildman–Crippen LogP) is 4.41. The van der Waals surface area contributed by atoms with Crippen LogP contribution in [0.25, 0.3) is 0 Å². The lowest BCUT2D eigenvalue weighted by atomic mass is 10.3. The topological polar surface area (TPSA) is 49.8 Å². The van der Waals surface area contributed by atoms with Gasteiger partial charge in [0.25, 0.3) is 0 Å². The molecule has 0 saturated heterocycles. The van der Waals surface area contributed by atoms with Crippen molar-refractivity contribution in [3.63, 3.8) is 0 Å². The third-order valence-corrected chi connectivity index (χ3v) is 2.77. The van der Waals surface area contributed by atoms with Crippen molar-refractivity contribution in [1.29, 1.82) is 0 Å². The zero-order valence-electron chi connectivity index (χ0n) is 13.4. The van der Waals surface area contributed by atoms with Gasteiger partial charge in [-0.05, 0) is 18.9 Å². The third-order valence-electron chi connectivity index (χ3n) is 2.77. The molecule has 0 saturated carbocycles. The Hall–Kier alpha value is -2.17. The molecule has 1 heterocycles. The van der Waals surface area contributed by atoms with Gasteiger partial charge in [-0.3, -0.25) is 0 Å². The van der Waals surface area contributed by atoms with Crippen LogP contribution in [0.3, 0.4) is 0 Å². The summed E-state index contributed by atoms with van der Waals surface area (Å²) in [5.41, 5.74) is 0. The van der Waals surface area contributed by atoms with Crippen molar-refractivity contribution in [2.75, 3.05) is 0 Å². The monoisotopic (exact) mass is 307 g/mol. The van der Waals surface area contributed by atoms with E-state index in [1.165, 1.54) is 12.5 Å². The number of hydrogen-bond donors (Lipinski definition) is 0. The van der Waals surface area contributed by atoms with E-state index in [2.05, 4.69) is 32.0 Å². The Morgan fingerprint density at radius 1 is 1.00 bits per heavy atom. The SMILES string of the molecule is C=COC(CCC)Oc1ccc(OC(CCC)OC=C)nc1. The van der Waals surface area contributed by atoms with Crippen molar-refractivity contribution in [2.24, 2.45) is 0 Å². The Morgan fingerprint density at radius 3 is 2.05 bits per heavy atom. The van der Waals surface area contributed by atoms with Crippen molar-refractivity contribution >= 4 is 0 Å². The van der Waals surface area contributed by atoms with Crippen molar-refractivity contribution < 1.29 is 18.9 Å². The molecule has 0 aromatic carbocycles. The lowest BCUT2D eigenvalue weighted by Gasteiger charge is -2.19. The molecule has 2 atom stereocenters. The highest BCUT2D eigenvalue weighted by Gasteiger charge is 2.12. The van der Waals surface area contributed by atoms with Gasteiger partial charge in [0.2, 0.25) is 18.5 Å². The van der Waals surface area contributed by atoms with Gasteiger partial charge in [-0.15, -0.1) is 0 Å². The average Bonchev–Trinajstić information content (AvgIpc) is 2.50. The number of ether oxygens (including phenoxy) is 4. The lowest BCUT2D eigenvalue weighted by Crippen LogP contribution is -2.19. The van der Waals surface area contributed by atoms with E-state index in [0.29, 0.717) is 11.6 Å². The van der Waals surface area contributed by atoms with Gasteiger partial charge in [0.15, 0.2) is 0 Å². The second-order valence-corrected chi connectivity index (χ2v) is 4.61. The van der Waals surface area contributed by atoms with Gasteiger partial charge in [-0.25, -0.2) is 4.98 Å². The minimum absolute atomic E-state index is 0.354. The fraction of sp³-hybridized carbons (Fsp3) is 0.471. The van der Waals surface area contributed by atoms with Crippen molar-refractivity contribution in [3.05, 3.63) is 44.0 Å². The maximum Gasteiger partial charge on any atom is 0.242 e. The molecule has 0 aliphatic carbocycles. The third kappa shape index (κ3) is 6.52. The van der Waals surface area contributed by atoms with Gasteiger partial charge in [-0.2, -0.15) is 0 Å². The van der Waals surface area contributed by atoms with Gasteiger partial charge in [0, 0.05) is 18.9 Å². The summed E-state index contributed by atoms with van der Waals surface area (Å²) < 4.78 is 21.9. The molecule has 5 nitrogen and oxygen atoms in total. The summed E-state index contributed by atoms with van der Waals surface area (Å²) >= 11 is 0. The molecule has 0 bridgehead atoms. The smallest absolute Gasteiger partial charge is 0.242 e. The fourth-order valence-corrected chi connectivity index (χ4v) is 1.79. The number of rotatable bonds is 12. The van der Waals surface area contributed by atoms with Crippen LogP contribution in [0.5, 0.6) is 11.6 Å². The molecule has 0 aliphatic rings. The molecule has 0 N–H and O–H groups in total. The minimum Gasteiger partial charge on any atom is -0.463 e. The molecule has 0 fully saturated rings. The molecule has 1 rings (SSSR count). The van der Waals surface area contributed by atoms with Crippen molar-refractivity contribution in [3.8, 4) is 11.6 Å². The molecule has 5 heteroatoms. The number of hydrogen-bond acceptors (Lipinski definition) is 5. The van der Waals surface area contributed by atoms with Crippen LogP contribution in [-0.4, -0.2) is 17.6 Å². The molecule has 0 amide bonds. The lowest BCUT2D eigenvalue weighted by molar-refractivity contribution is -0.0400. The van der Waals surface area contributed by atoms with Crippen LogP contribution < -0.4 is 9.47 Å². The normalized spacial score (nSPS) is 12.8. The second-order valence-electron chi connectivity index (χ2n) is 4.61. The van der Waals surface area contributed by atoms with Crippen LogP contribution in [0, 0.1) is 0 Å². The zero-order chi connectivity index (χ0) is 16.2. The highest BCUT2D eigenvalue weighted by Crippen LogP contribution is 2.19. The molecule has 1 aromatic heterocycles. The van der Waals surface area contributed by atoms with Crippen LogP contribution in [0.4, 0.5) is 0 Å². The molecule has 0 aliphatic heterocycles. The van der Waals surface area contributed by atoms with Crippen LogP contribution in [0.1, 0.15) is 39.5 Å². The van der Waals surface area contributed by atoms with E-state index < -0.39 is 0 Å². The Bertz CT molecular complexity index is 392. The summed E-state index contributed by atoms with van der Waals surface area (Å²) in [4.78, 5) is 4.21. The van der Waals surface area contributed by atoms with Crippen molar-refractivity contribution in [1.82, 2.24) is 4.98 Å². The molecule has 0 spiro atoms. The van der Waals surface area contributed by atoms with E-state index in [0.717, 1.165) is 25.7 Å². The standard InChI is InChI=1S/C17H25NO4/c1-5-9-16(19-7-3)21-14-11-12-15(18-13-14)22-17(10-6-2)20-8-4/h7-8,11-13,16-17H,3-6,9-10H2,1-2H3. The van der Waals surface area contributed by atoms with Gasteiger partial charge in [0.05, 0.1) is 18.7 Å². The second kappa shape index (κ2) is 10.5. The molecule has 22 heavy (non-hydrogen) atoms. The first-order valence-electron chi connectivity index (χ1n) is 7.55. The van der Waals surface area contributed by atoms with E-state index in [1.54, 1.807) is 18.3 Å². The Labute approximate surface area is 132 Å². The Balaban J connectivity index is 2.60. The maximum absolute atomic E-state index is 5.69. The molecule has 0 radical (unpaired) electrons. The van der Waals surface area contributed by atoms with E-state index in [4.69, 9.17) is 18.9 Å². The molecule has 2 unspecified atom stereocenters. The summed E-state index contributed by atoms with van der Waals surface area (Å²) in [6, 6.07) is 3.52. The summed E-state index contributed by atoms with van der Waals surface area (Å²) in [7, 11) is 0. The maximum atomic E-state index is 5.69. The van der Waals surface area contributed by atoms with Gasteiger partial charge >= 0.3 is 0 Å². The molecule has 122 valence electrons. The van der Waals surface area contributed by atoms with E-state index in [-0.39, 0.29) is 12.6 Å². The summed E-state index contributed by atoms with van der Waals surface area (Å²) in [5.74, 6) is 1.09. The molecule has 1 aromatic rings. The Morgan fingerprint density at radius 2 is 1.59 bits per heavy atom. The summed E-state index contributed by atoms with van der Waals surface area (Å²) in [6.07, 6.45) is 7.05. The average molecular weight is 307 g/mol.